The Bertz CT molecular complexity index is 296. The molecule has 1 aromatic rings. The van der Waals surface area contributed by atoms with Crippen molar-refractivity contribution in [2.24, 2.45) is 7.05 Å². The summed E-state index contributed by atoms with van der Waals surface area (Å²) in [6.45, 7) is 5.47. The number of rotatable bonds is 6. The zero-order chi connectivity index (χ0) is 11.3. The summed E-state index contributed by atoms with van der Waals surface area (Å²) in [6.07, 6.45) is 1.65. The maximum absolute atomic E-state index is 9.52. The molecule has 0 aliphatic carbocycles. The van der Waals surface area contributed by atoms with E-state index in [0.29, 0.717) is 6.54 Å². The van der Waals surface area contributed by atoms with Crippen LogP contribution in [-0.2, 0) is 13.6 Å². The van der Waals surface area contributed by atoms with E-state index in [9.17, 15) is 5.11 Å². The number of aryl methyl sites for hydroxylation is 2. The van der Waals surface area contributed by atoms with Crippen LogP contribution in [0.2, 0.25) is 0 Å². The molecule has 4 nitrogen and oxygen atoms in total. The molecule has 0 fully saturated rings. The van der Waals surface area contributed by atoms with Gasteiger partial charge >= 0.3 is 0 Å². The first kappa shape index (κ1) is 12.2. The van der Waals surface area contributed by atoms with Crippen LogP contribution in [0.25, 0.3) is 0 Å². The molecule has 0 spiro atoms. The standard InChI is InChI=1S/C11H21N3O/c1-4-5-11(15)8-12-7-10-6-9(2)13-14(10)3/h6,11-12,15H,4-5,7-8H2,1-3H3. The zero-order valence-electron chi connectivity index (χ0n) is 9.82. The van der Waals surface area contributed by atoms with Gasteiger partial charge in [-0.25, -0.2) is 0 Å². The van der Waals surface area contributed by atoms with E-state index in [1.807, 2.05) is 18.7 Å². The summed E-state index contributed by atoms with van der Waals surface area (Å²) in [5.41, 5.74) is 2.18. The number of nitrogens with zero attached hydrogens (tertiary/aromatic N) is 2. The maximum atomic E-state index is 9.52. The van der Waals surface area contributed by atoms with Crippen molar-refractivity contribution in [2.75, 3.05) is 6.54 Å². The third-order valence-electron chi connectivity index (χ3n) is 2.41. The lowest BCUT2D eigenvalue weighted by molar-refractivity contribution is 0.160. The monoisotopic (exact) mass is 211 g/mol. The summed E-state index contributed by atoms with van der Waals surface area (Å²) in [5, 5.41) is 17.0. The first-order valence-corrected chi connectivity index (χ1v) is 5.51. The first-order chi connectivity index (χ1) is 7.13. The van der Waals surface area contributed by atoms with E-state index in [1.165, 1.54) is 0 Å². The van der Waals surface area contributed by atoms with Gasteiger partial charge in [0.1, 0.15) is 0 Å². The topological polar surface area (TPSA) is 50.1 Å². The minimum atomic E-state index is -0.232. The van der Waals surface area contributed by atoms with Gasteiger partial charge in [0.15, 0.2) is 0 Å². The molecule has 2 N–H and O–H groups in total. The molecule has 0 aliphatic heterocycles. The predicted octanol–water partition coefficient (Wildman–Crippen LogP) is 0.979. The lowest BCUT2D eigenvalue weighted by atomic mass is 10.2. The van der Waals surface area contributed by atoms with Crippen molar-refractivity contribution in [3.05, 3.63) is 17.5 Å². The second kappa shape index (κ2) is 5.88. The highest BCUT2D eigenvalue weighted by atomic mass is 16.3. The maximum Gasteiger partial charge on any atom is 0.0664 e. The lowest BCUT2D eigenvalue weighted by Gasteiger charge is -2.10. The summed E-state index contributed by atoms with van der Waals surface area (Å²) >= 11 is 0. The van der Waals surface area contributed by atoms with E-state index in [1.54, 1.807) is 0 Å². The van der Waals surface area contributed by atoms with E-state index in [0.717, 1.165) is 30.8 Å². The number of aromatic nitrogens is 2. The predicted molar refractivity (Wildman–Crippen MR) is 60.6 cm³/mol. The average Bonchev–Trinajstić information content (AvgIpc) is 2.46. The molecule has 15 heavy (non-hydrogen) atoms. The highest BCUT2D eigenvalue weighted by molar-refractivity contribution is 5.08. The highest BCUT2D eigenvalue weighted by Crippen LogP contribution is 2.01. The SMILES string of the molecule is CCCC(O)CNCc1cc(C)nn1C. The molecule has 1 rings (SSSR count). The van der Waals surface area contributed by atoms with Crippen LogP contribution in [0.3, 0.4) is 0 Å². The molecule has 0 aromatic carbocycles. The molecule has 0 saturated heterocycles. The van der Waals surface area contributed by atoms with Gasteiger partial charge in [0.2, 0.25) is 0 Å². The van der Waals surface area contributed by atoms with Crippen molar-refractivity contribution >= 4 is 0 Å². The number of aliphatic hydroxyl groups excluding tert-OH is 1. The number of hydrogen-bond acceptors (Lipinski definition) is 3. The third kappa shape index (κ3) is 4.01. The quantitative estimate of drug-likeness (QED) is 0.737. The fourth-order valence-electron chi connectivity index (χ4n) is 1.63. The van der Waals surface area contributed by atoms with Crippen molar-refractivity contribution in [2.45, 2.75) is 39.3 Å². The Balaban J connectivity index is 2.28. The fourth-order valence-corrected chi connectivity index (χ4v) is 1.63. The summed E-state index contributed by atoms with van der Waals surface area (Å²) in [6, 6.07) is 2.05. The van der Waals surface area contributed by atoms with Gasteiger partial charge in [-0.1, -0.05) is 13.3 Å². The van der Waals surface area contributed by atoms with Gasteiger partial charge in [-0.2, -0.15) is 5.10 Å². The summed E-state index contributed by atoms with van der Waals surface area (Å²) in [7, 11) is 1.94. The fraction of sp³-hybridized carbons (Fsp3) is 0.727. The summed E-state index contributed by atoms with van der Waals surface area (Å²) in [5.74, 6) is 0. The summed E-state index contributed by atoms with van der Waals surface area (Å²) in [4.78, 5) is 0. The van der Waals surface area contributed by atoms with Gasteiger partial charge in [0.25, 0.3) is 0 Å². The second-order valence-electron chi connectivity index (χ2n) is 3.97. The molecule has 0 radical (unpaired) electrons. The van der Waals surface area contributed by atoms with Gasteiger partial charge in [0, 0.05) is 20.1 Å². The van der Waals surface area contributed by atoms with Crippen molar-refractivity contribution in [1.29, 1.82) is 0 Å². The Hall–Kier alpha value is -0.870. The number of hydrogen-bond donors (Lipinski definition) is 2. The number of aliphatic hydroxyl groups is 1. The molecule has 1 heterocycles. The smallest absolute Gasteiger partial charge is 0.0664 e. The Kier molecular flexibility index (Phi) is 4.78. The molecule has 0 amide bonds. The first-order valence-electron chi connectivity index (χ1n) is 5.51. The Morgan fingerprint density at radius 2 is 2.33 bits per heavy atom. The largest absolute Gasteiger partial charge is 0.392 e. The minimum absolute atomic E-state index is 0.232. The second-order valence-corrected chi connectivity index (χ2v) is 3.97. The van der Waals surface area contributed by atoms with Crippen molar-refractivity contribution < 1.29 is 5.11 Å². The van der Waals surface area contributed by atoms with Crippen LogP contribution >= 0.6 is 0 Å². The molecule has 0 saturated carbocycles. The minimum Gasteiger partial charge on any atom is -0.392 e. The molecule has 0 aliphatic rings. The van der Waals surface area contributed by atoms with Crippen LogP contribution in [-0.4, -0.2) is 27.5 Å². The number of nitrogens with one attached hydrogen (secondary N) is 1. The third-order valence-corrected chi connectivity index (χ3v) is 2.41. The van der Waals surface area contributed by atoms with Crippen molar-refractivity contribution in [3.63, 3.8) is 0 Å². The van der Waals surface area contributed by atoms with Gasteiger partial charge in [-0.3, -0.25) is 4.68 Å². The Morgan fingerprint density at radius 1 is 1.60 bits per heavy atom. The van der Waals surface area contributed by atoms with Crippen LogP contribution in [0.4, 0.5) is 0 Å². The van der Waals surface area contributed by atoms with Crippen LogP contribution in [0.15, 0.2) is 6.07 Å². The molecule has 1 unspecified atom stereocenters. The molecule has 1 aromatic heterocycles. The van der Waals surface area contributed by atoms with E-state index < -0.39 is 0 Å². The van der Waals surface area contributed by atoms with Crippen molar-refractivity contribution in [1.82, 2.24) is 15.1 Å². The molecular formula is C11H21N3O. The molecule has 1 atom stereocenters. The average molecular weight is 211 g/mol. The lowest BCUT2D eigenvalue weighted by Crippen LogP contribution is -2.26. The van der Waals surface area contributed by atoms with E-state index in [-0.39, 0.29) is 6.10 Å². The Labute approximate surface area is 91.3 Å². The molecule has 0 bridgehead atoms. The molecular weight excluding hydrogens is 190 g/mol. The van der Waals surface area contributed by atoms with Gasteiger partial charge in [-0.15, -0.1) is 0 Å². The van der Waals surface area contributed by atoms with Crippen LogP contribution in [0, 0.1) is 6.92 Å². The van der Waals surface area contributed by atoms with Crippen LogP contribution < -0.4 is 5.32 Å². The van der Waals surface area contributed by atoms with Gasteiger partial charge in [0.05, 0.1) is 17.5 Å². The van der Waals surface area contributed by atoms with Gasteiger partial charge < -0.3 is 10.4 Å². The Morgan fingerprint density at radius 3 is 2.87 bits per heavy atom. The molecule has 86 valence electrons. The summed E-state index contributed by atoms with van der Waals surface area (Å²) < 4.78 is 1.87. The van der Waals surface area contributed by atoms with Crippen LogP contribution in [0.1, 0.15) is 31.2 Å². The van der Waals surface area contributed by atoms with E-state index >= 15 is 0 Å². The zero-order valence-corrected chi connectivity index (χ0v) is 9.82. The normalized spacial score (nSPS) is 13.1. The van der Waals surface area contributed by atoms with Gasteiger partial charge in [-0.05, 0) is 19.4 Å². The molecule has 4 heteroatoms. The highest BCUT2D eigenvalue weighted by Gasteiger charge is 2.04. The van der Waals surface area contributed by atoms with E-state index in [4.69, 9.17) is 0 Å². The van der Waals surface area contributed by atoms with E-state index in [2.05, 4.69) is 23.4 Å². The van der Waals surface area contributed by atoms with Crippen LogP contribution in [0.5, 0.6) is 0 Å². The van der Waals surface area contributed by atoms with Crippen molar-refractivity contribution in [3.8, 4) is 0 Å².